The van der Waals surface area contributed by atoms with Gasteiger partial charge in [0.05, 0.1) is 13.2 Å². The first-order valence-electron chi connectivity index (χ1n) is 8.13. The van der Waals surface area contributed by atoms with Crippen molar-refractivity contribution < 1.29 is 44.7 Å². The molecule has 0 saturated heterocycles. The molecule has 0 heterocycles. The fourth-order valence-electron chi connectivity index (χ4n) is 1.37. The van der Waals surface area contributed by atoms with Crippen molar-refractivity contribution in [3.8, 4) is 0 Å². The van der Waals surface area contributed by atoms with Crippen molar-refractivity contribution in [3.63, 3.8) is 0 Å². The van der Waals surface area contributed by atoms with Gasteiger partial charge < -0.3 is 28.0 Å². The molecule has 9 heteroatoms. The third kappa shape index (κ3) is 22.8. The van der Waals surface area contributed by atoms with Gasteiger partial charge in [0.2, 0.25) is 0 Å². The Balaban J connectivity index is -0.000000333. The van der Waals surface area contributed by atoms with Crippen LogP contribution in [0.4, 0.5) is 0 Å². The normalized spacial score (nSPS) is 15.6. The van der Waals surface area contributed by atoms with E-state index in [1.165, 1.54) is 0 Å². The van der Waals surface area contributed by atoms with Crippen LogP contribution >= 0.6 is 15.2 Å². The molecule has 143 valence electrons. The number of hydrogen-bond donors (Lipinski definition) is 0. The van der Waals surface area contributed by atoms with Gasteiger partial charge in [-0.3, -0.25) is 0 Å². The quantitative estimate of drug-likeness (QED) is 0.356. The second-order valence-corrected chi connectivity index (χ2v) is 8.90. The van der Waals surface area contributed by atoms with Gasteiger partial charge in [-0.2, -0.15) is 0 Å². The van der Waals surface area contributed by atoms with Crippen molar-refractivity contribution in [1.29, 1.82) is 0 Å². The first-order chi connectivity index (χ1) is 10.2. The molecule has 0 bridgehead atoms. The molecule has 6 nitrogen and oxygen atoms in total. The van der Waals surface area contributed by atoms with Gasteiger partial charge in [-0.25, -0.2) is 0 Å². The summed E-state index contributed by atoms with van der Waals surface area (Å²) in [5, 5.41) is 0. The minimum Gasteiger partial charge on any atom is -0.778 e. The summed E-state index contributed by atoms with van der Waals surface area (Å²) in [4.78, 5) is 21.8. The molecule has 0 fully saturated rings. The zero-order valence-electron chi connectivity index (χ0n) is 14.7. The number of hydrogen-bond acceptors (Lipinski definition) is 6. The summed E-state index contributed by atoms with van der Waals surface area (Å²) in [5.74, 6) is 0. The third-order valence-electron chi connectivity index (χ3n) is 2.57. The molecule has 1 radical (unpaired) electrons. The molecule has 0 saturated carbocycles. The van der Waals surface area contributed by atoms with Gasteiger partial charge in [-0.1, -0.05) is 40.5 Å². The molecule has 0 aromatic heterocycles. The van der Waals surface area contributed by atoms with E-state index < -0.39 is 15.2 Å². The third-order valence-corrected chi connectivity index (χ3v) is 5.71. The van der Waals surface area contributed by atoms with Crippen molar-refractivity contribution in [2.45, 2.75) is 66.2 Å². The second kappa shape index (κ2) is 17.6. The minimum absolute atomic E-state index is 0. The fraction of sp³-hybridized carbons (Fsp3) is 1.00. The number of rotatable bonds is 12. The van der Waals surface area contributed by atoms with Gasteiger partial charge in [0, 0.05) is 12.3 Å². The molecule has 2 unspecified atom stereocenters. The van der Waals surface area contributed by atoms with Crippen LogP contribution in [0.1, 0.15) is 66.2 Å². The van der Waals surface area contributed by atoms with Gasteiger partial charge in [0.1, 0.15) is 15.2 Å². The molecule has 0 aromatic rings. The van der Waals surface area contributed by atoms with Crippen molar-refractivity contribution >= 4 is 15.2 Å². The Morgan fingerprint density at radius 2 is 1.00 bits per heavy atom. The topological polar surface area (TPSA) is 98.7 Å². The van der Waals surface area contributed by atoms with E-state index in [9.17, 15) is 18.9 Å². The van der Waals surface area contributed by atoms with E-state index >= 15 is 0 Å². The molecule has 0 amide bonds. The van der Waals surface area contributed by atoms with Gasteiger partial charge in [0.25, 0.3) is 0 Å². The largest absolute Gasteiger partial charge is 2.00 e. The molecule has 0 aliphatic carbocycles. The van der Waals surface area contributed by atoms with Gasteiger partial charge in [-0.15, -0.1) is 0 Å². The van der Waals surface area contributed by atoms with E-state index in [4.69, 9.17) is 9.05 Å². The van der Waals surface area contributed by atoms with Gasteiger partial charge >= 0.3 is 16.8 Å². The fourth-order valence-corrected chi connectivity index (χ4v) is 3.54. The van der Waals surface area contributed by atoms with Crippen molar-refractivity contribution in [1.82, 2.24) is 0 Å². The Hall–Kier alpha value is 0.806. The van der Waals surface area contributed by atoms with Crippen molar-refractivity contribution in [2.75, 3.05) is 25.5 Å². The van der Waals surface area contributed by atoms with Crippen LogP contribution in [0.5, 0.6) is 0 Å². The summed E-state index contributed by atoms with van der Waals surface area (Å²) < 4.78 is 31.2. The second-order valence-electron chi connectivity index (χ2n) is 5.04. The van der Waals surface area contributed by atoms with E-state index in [0.717, 1.165) is 25.7 Å². The Bertz CT molecular complexity index is 309. The Kier molecular flexibility index (Phi) is 21.9. The summed E-state index contributed by atoms with van der Waals surface area (Å²) in [6, 6.07) is 0. The number of unbranched alkanes of at least 4 members (excludes halogenated alkanes) is 2. The molecule has 0 aliphatic rings. The van der Waals surface area contributed by atoms with Crippen LogP contribution in [0.25, 0.3) is 0 Å². The maximum absolute atomic E-state index is 10.9. The standard InChI is InChI=1S/2C7H17O3P.Co/c2*1-3-5-6-10-11(8,9)7-4-2;/h2*3-7H2,1-2H3,(H,8,9);/q;;+2/p-2. The molecule has 0 aromatic carbocycles. The van der Waals surface area contributed by atoms with E-state index in [0.29, 0.717) is 26.1 Å². The molecule has 0 spiro atoms. The first kappa shape index (κ1) is 28.6. The summed E-state index contributed by atoms with van der Waals surface area (Å²) >= 11 is 0. The van der Waals surface area contributed by atoms with Crippen LogP contribution in [0.15, 0.2) is 0 Å². The molecular formula is C14H32CoO6P2. The first-order valence-corrected chi connectivity index (χ1v) is 11.6. The smallest absolute Gasteiger partial charge is 0.778 e. The molecule has 0 rings (SSSR count). The summed E-state index contributed by atoms with van der Waals surface area (Å²) in [7, 11) is -6.94. The van der Waals surface area contributed by atoms with Crippen LogP contribution in [-0.2, 0) is 35.0 Å². The van der Waals surface area contributed by atoms with Crippen LogP contribution < -0.4 is 9.79 Å². The minimum atomic E-state index is -3.47. The Morgan fingerprint density at radius 1 is 0.696 bits per heavy atom. The summed E-state index contributed by atoms with van der Waals surface area (Å²) in [5.41, 5.74) is 0. The Morgan fingerprint density at radius 3 is 1.22 bits per heavy atom. The van der Waals surface area contributed by atoms with E-state index in [1.54, 1.807) is 0 Å². The SMILES string of the molecule is CCCCOP(=O)([O-])CCC.CCCCOP(=O)([O-])CCC.[Co+2]. The van der Waals surface area contributed by atoms with Crippen LogP contribution in [-0.4, -0.2) is 25.5 Å². The summed E-state index contributed by atoms with van der Waals surface area (Å²) in [6.45, 7) is 8.34. The monoisotopic (exact) mass is 417 g/mol. The maximum Gasteiger partial charge on any atom is 2.00 e. The van der Waals surface area contributed by atoms with Crippen LogP contribution in [0.3, 0.4) is 0 Å². The van der Waals surface area contributed by atoms with Crippen LogP contribution in [0.2, 0.25) is 0 Å². The van der Waals surface area contributed by atoms with E-state index in [2.05, 4.69) is 0 Å². The van der Waals surface area contributed by atoms with Gasteiger partial charge in [-0.05, 0) is 25.7 Å². The van der Waals surface area contributed by atoms with Gasteiger partial charge in [0.15, 0.2) is 0 Å². The zero-order valence-corrected chi connectivity index (χ0v) is 17.6. The molecule has 0 N–H and O–H groups in total. The molecule has 23 heavy (non-hydrogen) atoms. The van der Waals surface area contributed by atoms with Crippen LogP contribution in [0, 0.1) is 0 Å². The van der Waals surface area contributed by atoms with Crippen molar-refractivity contribution in [2.24, 2.45) is 0 Å². The summed E-state index contributed by atoms with van der Waals surface area (Å²) in [6.07, 6.45) is 5.15. The Labute approximate surface area is 152 Å². The average Bonchev–Trinajstić information content (AvgIpc) is 2.39. The maximum atomic E-state index is 10.9. The molecule has 0 aliphatic heterocycles. The van der Waals surface area contributed by atoms with Crippen molar-refractivity contribution in [3.05, 3.63) is 0 Å². The molecule has 2 atom stereocenters. The average molecular weight is 417 g/mol. The zero-order chi connectivity index (χ0) is 17.5. The molecular weight excluding hydrogens is 385 g/mol. The van der Waals surface area contributed by atoms with E-state index in [-0.39, 0.29) is 29.1 Å². The predicted octanol–water partition coefficient (Wildman–Crippen LogP) is 3.53. The van der Waals surface area contributed by atoms with E-state index in [1.807, 2.05) is 27.7 Å². The predicted molar refractivity (Wildman–Crippen MR) is 87.2 cm³/mol.